The first-order chi connectivity index (χ1) is 18.8. The zero-order valence-corrected chi connectivity index (χ0v) is 25.6. The average molecular weight is 580 g/mol. The molecule has 2 aromatic rings. The van der Waals surface area contributed by atoms with Crippen molar-refractivity contribution in [3.05, 3.63) is 36.3 Å². The van der Waals surface area contributed by atoms with Gasteiger partial charge in [0.15, 0.2) is 5.03 Å². The van der Waals surface area contributed by atoms with Crippen molar-refractivity contribution in [2.75, 3.05) is 52.3 Å². The van der Waals surface area contributed by atoms with Gasteiger partial charge in [0, 0.05) is 65.7 Å². The highest BCUT2D eigenvalue weighted by Gasteiger charge is 2.33. The molecule has 224 valence electrons. The number of aryl methyl sites for hydroxylation is 1. The van der Waals surface area contributed by atoms with E-state index in [1.165, 1.54) is 23.9 Å². The van der Waals surface area contributed by atoms with E-state index in [1.807, 2.05) is 51.0 Å². The summed E-state index contributed by atoms with van der Waals surface area (Å²) in [5.41, 5.74) is 1.28. The Kier molecular flexibility index (Phi) is 11.0. The number of ether oxygens (including phenoxy) is 2. The molecule has 2 heterocycles. The van der Waals surface area contributed by atoms with Gasteiger partial charge in [-0.1, -0.05) is 6.92 Å². The van der Waals surface area contributed by atoms with E-state index < -0.39 is 22.2 Å². The molecule has 1 aliphatic rings. The summed E-state index contributed by atoms with van der Waals surface area (Å²) in [6.45, 7) is 6.29. The standard InChI is InChI=1S/C28H45N5O6S/c1-20-15-33(21(2)18-34)28(35)24-14-23(30(4)5)11-12-25(24)39-22(3)10-8-9-13-38-26(20)16-32(7)40(36,37)27-17-31(6)19-29-27/h11-12,14,17,19-22,26,34H,8-10,13,15-16,18H2,1-7H3/t20-,21-,22-,26+/m0/s1. The summed E-state index contributed by atoms with van der Waals surface area (Å²) < 4.78 is 41.8. The summed E-state index contributed by atoms with van der Waals surface area (Å²) >= 11 is 0. The normalized spacial score (nSPS) is 22.4. The smallest absolute Gasteiger partial charge is 0.261 e. The average Bonchev–Trinajstić information content (AvgIpc) is 3.36. The third kappa shape index (κ3) is 7.74. The van der Waals surface area contributed by atoms with Crippen LogP contribution in [0, 0.1) is 5.92 Å². The lowest BCUT2D eigenvalue weighted by Crippen LogP contribution is -2.48. The number of anilines is 1. The summed E-state index contributed by atoms with van der Waals surface area (Å²) in [5.74, 6) is 0.00380. The number of imidazole rings is 1. The number of carbonyl (C=O) groups excluding carboxylic acids is 1. The highest BCUT2D eigenvalue weighted by molar-refractivity contribution is 7.89. The molecule has 1 N–H and O–H groups in total. The largest absolute Gasteiger partial charge is 0.490 e. The number of aliphatic hydroxyl groups is 1. The molecule has 0 aliphatic carbocycles. The van der Waals surface area contributed by atoms with Crippen LogP contribution in [-0.2, 0) is 21.8 Å². The molecule has 0 bridgehead atoms. The Bertz CT molecular complexity index is 1230. The van der Waals surface area contributed by atoms with Gasteiger partial charge in [-0.2, -0.15) is 4.31 Å². The fraction of sp³-hybridized carbons (Fsp3) is 0.643. The van der Waals surface area contributed by atoms with E-state index in [4.69, 9.17) is 9.47 Å². The van der Waals surface area contributed by atoms with Crippen LogP contribution in [0.3, 0.4) is 0 Å². The lowest BCUT2D eigenvalue weighted by molar-refractivity contribution is -0.00835. The van der Waals surface area contributed by atoms with Crippen LogP contribution in [0.25, 0.3) is 0 Å². The maximum Gasteiger partial charge on any atom is 0.261 e. The second kappa shape index (κ2) is 13.8. The number of hydrogen-bond acceptors (Lipinski definition) is 8. The number of rotatable bonds is 7. The quantitative estimate of drug-likeness (QED) is 0.532. The zero-order chi connectivity index (χ0) is 29.6. The van der Waals surface area contributed by atoms with Crippen molar-refractivity contribution in [1.29, 1.82) is 0 Å². The van der Waals surface area contributed by atoms with Crippen molar-refractivity contribution in [2.24, 2.45) is 13.0 Å². The van der Waals surface area contributed by atoms with Crippen molar-refractivity contribution in [3.63, 3.8) is 0 Å². The third-order valence-electron chi connectivity index (χ3n) is 7.34. The fourth-order valence-corrected chi connectivity index (χ4v) is 5.83. The molecule has 1 aromatic carbocycles. The van der Waals surface area contributed by atoms with Crippen molar-refractivity contribution < 1.29 is 27.8 Å². The van der Waals surface area contributed by atoms with E-state index in [1.54, 1.807) is 23.4 Å². The SMILES string of the molecule is C[C@H]1CCCCO[C@H](CN(C)S(=O)(=O)c2cn(C)cn2)[C@@H](C)CN([C@@H](C)CO)C(=O)c2cc(N(C)C)ccc2O1. The van der Waals surface area contributed by atoms with E-state index in [0.717, 1.165) is 24.9 Å². The number of amides is 1. The van der Waals surface area contributed by atoms with E-state index in [-0.39, 0.29) is 42.7 Å². The van der Waals surface area contributed by atoms with E-state index in [2.05, 4.69) is 4.98 Å². The molecule has 12 heteroatoms. The van der Waals surface area contributed by atoms with Crippen LogP contribution in [0.5, 0.6) is 5.75 Å². The highest BCUT2D eigenvalue weighted by Crippen LogP contribution is 2.29. The second-order valence-electron chi connectivity index (χ2n) is 11.0. The van der Waals surface area contributed by atoms with E-state index in [9.17, 15) is 18.3 Å². The highest BCUT2D eigenvalue weighted by atomic mass is 32.2. The molecule has 1 amide bonds. The maximum atomic E-state index is 14.1. The Morgan fingerprint density at radius 2 is 1.93 bits per heavy atom. The number of likely N-dealkylation sites (N-methyl/N-ethyl adjacent to an activating group) is 1. The first-order valence-electron chi connectivity index (χ1n) is 13.8. The molecule has 1 aliphatic heterocycles. The molecule has 40 heavy (non-hydrogen) atoms. The lowest BCUT2D eigenvalue weighted by atomic mass is 10.0. The number of hydrogen-bond donors (Lipinski definition) is 1. The van der Waals surface area contributed by atoms with Gasteiger partial charge in [0.1, 0.15) is 5.75 Å². The number of sulfonamides is 1. The minimum Gasteiger partial charge on any atom is -0.490 e. The molecule has 0 fully saturated rings. The molecule has 11 nitrogen and oxygen atoms in total. The Morgan fingerprint density at radius 3 is 2.55 bits per heavy atom. The van der Waals surface area contributed by atoms with Gasteiger partial charge in [0.25, 0.3) is 15.9 Å². The minimum absolute atomic E-state index is 0.0287. The monoisotopic (exact) mass is 579 g/mol. The van der Waals surface area contributed by atoms with Crippen LogP contribution in [-0.4, -0.2) is 104 Å². The number of aliphatic hydroxyl groups excluding tert-OH is 1. The Morgan fingerprint density at radius 1 is 1.20 bits per heavy atom. The van der Waals surface area contributed by atoms with Gasteiger partial charge in [-0.3, -0.25) is 4.79 Å². The number of fused-ring (bicyclic) bond motifs is 1. The number of carbonyl (C=O) groups is 1. The predicted molar refractivity (Wildman–Crippen MR) is 154 cm³/mol. The molecular formula is C28H45N5O6S. The molecule has 0 radical (unpaired) electrons. The summed E-state index contributed by atoms with van der Waals surface area (Å²) in [6.07, 6.45) is 4.73. The molecule has 0 unspecified atom stereocenters. The van der Waals surface area contributed by atoms with Gasteiger partial charge >= 0.3 is 0 Å². The summed E-state index contributed by atoms with van der Waals surface area (Å²) in [6, 6.07) is 5.09. The second-order valence-corrected chi connectivity index (χ2v) is 13.0. The molecule has 3 rings (SSSR count). The van der Waals surface area contributed by atoms with Crippen molar-refractivity contribution >= 4 is 21.6 Å². The van der Waals surface area contributed by atoms with E-state index >= 15 is 0 Å². The first-order valence-corrected chi connectivity index (χ1v) is 15.2. The molecule has 0 saturated carbocycles. The van der Waals surface area contributed by atoms with Crippen LogP contribution >= 0.6 is 0 Å². The summed E-state index contributed by atoms with van der Waals surface area (Å²) in [7, 11) is 3.22. The molecule has 0 saturated heterocycles. The lowest BCUT2D eigenvalue weighted by Gasteiger charge is -2.35. The van der Waals surface area contributed by atoms with Crippen molar-refractivity contribution in [2.45, 2.75) is 63.3 Å². The van der Waals surface area contributed by atoms with Crippen LogP contribution < -0.4 is 9.64 Å². The molecular weight excluding hydrogens is 534 g/mol. The maximum absolute atomic E-state index is 14.1. The van der Waals surface area contributed by atoms with Crippen molar-refractivity contribution in [1.82, 2.24) is 18.8 Å². The van der Waals surface area contributed by atoms with E-state index in [0.29, 0.717) is 17.9 Å². The van der Waals surface area contributed by atoms with Gasteiger partial charge in [-0.15, -0.1) is 0 Å². The third-order valence-corrected chi connectivity index (χ3v) is 9.05. The number of aromatic nitrogens is 2. The van der Waals surface area contributed by atoms with Gasteiger partial charge in [0.05, 0.1) is 36.7 Å². The van der Waals surface area contributed by atoms with Crippen LogP contribution in [0.1, 0.15) is 50.4 Å². The topological polar surface area (TPSA) is 117 Å². The Labute approximate surface area is 238 Å². The molecule has 4 atom stereocenters. The summed E-state index contributed by atoms with van der Waals surface area (Å²) in [4.78, 5) is 21.6. The van der Waals surface area contributed by atoms with Crippen LogP contribution in [0.15, 0.2) is 35.7 Å². The molecule has 0 spiro atoms. The van der Waals surface area contributed by atoms with Gasteiger partial charge < -0.3 is 28.9 Å². The van der Waals surface area contributed by atoms with Crippen molar-refractivity contribution in [3.8, 4) is 5.75 Å². The van der Waals surface area contributed by atoms with Crippen LogP contribution in [0.2, 0.25) is 0 Å². The van der Waals surface area contributed by atoms with Crippen LogP contribution in [0.4, 0.5) is 5.69 Å². The molecule has 1 aromatic heterocycles. The minimum atomic E-state index is -3.83. The van der Waals surface area contributed by atoms with Gasteiger partial charge in [0.2, 0.25) is 0 Å². The predicted octanol–water partition coefficient (Wildman–Crippen LogP) is 2.60. The number of benzene rings is 1. The summed E-state index contributed by atoms with van der Waals surface area (Å²) in [5, 5.41) is 10.1. The van der Waals surface area contributed by atoms with Gasteiger partial charge in [-0.05, 0) is 51.3 Å². The number of nitrogens with zero attached hydrogens (tertiary/aromatic N) is 5. The first kappa shape index (κ1) is 31.9. The van der Waals surface area contributed by atoms with Gasteiger partial charge in [-0.25, -0.2) is 13.4 Å². The Hall–Kier alpha value is -2.67. The Balaban J connectivity index is 1.96. The fourth-order valence-electron chi connectivity index (χ4n) is 4.68. The zero-order valence-electron chi connectivity index (χ0n) is 24.8.